The normalized spacial score (nSPS) is 10.0. The summed E-state index contributed by atoms with van der Waals surface area (Å²) in [5.41, 5.74) is 111. The summed E-state index contributed by atoms with van der Waals surface area (Å²) < 4.78 is 36.3. The minimum absolute atomic E-state index is 0.0523. The summed E-state index contributed by atoms with van der Waals surface area (Å²) in [7, 11) is 0. The summed E-state index contributed by atoms with van der Waals surface area (Å²) in [5, 5.41) is 0. The van der Waals surface area contributed by atoms with Crippen LogP contribution in [-0.2, 0) is 19.0 Å². The van der Waals surface area contributed by atoms with Gasteiger partial charge in [-0.25, -0.2) is 0 Å². The first-order valence-electron chi connectivity index (χ1n) is 27.9. The van der Waals surface area contributed by atoms with Crippen LogP contribution in [0.2, 0.25) is 0 Å². The average Bonchev–Trinajstić information content (AvgIpc) is 3.55. The fourth-order valence-electron chi connectivity index (χ4n) is 8.08. The molecule has 0 atom stereocenters. The number of anilines is 16. The van der Waals surface area contributed by atoms with Crippen molar-refractivity contribution in [1.29, 1.82) is 0 Å². The topological polar surface area (TPSA) is 416 Å². The van der Waals surface area contributed by atoms with Gasteiger partial charge in [-0.15, -0.1) is 0 Å². The van der Waals surface area contributed by atoms with Crippen LogP contribution >= 0.6 is 0 Å². The summed E-state index contributed by atoms with van der Waals surface area (Å²) >= 11 is 0. The fraction of sp³-hybridized carbons (Fsp3) is 0.143. The molecule has 0 spiro atoms. The maximum absolute atomic E-state index is 12.1. The third-order valence-corrected chi connectivity index (χ3v) is 13.6. The summed E-state index contributed by atoms with van der Waals surface area (Å²) in [6.45, 7) is 13.9. The molecule has 10 rings (SSSR count). The number of rotatable bonds is 4. The number of aryl methyl sites for hydroxylation is 3. The smallest absolute Gasteiger partial charge is 0.399 e. The van der Waals surface area contributed by atoms with Gasteiger partial charge in [0.1, 0.15) is 0 Å². The SMILES string of the molecule is Cc1c(C)c(N)c(C)c(C)c1N.Cc1cc(N)c(C)cc1N.Cc1cc(N)ccc1N.Nc1cc(N)cc(Cc2ccccc2)c1.Nc1ccc(N)c(C(F)(F)F)c1.Nc1ccc(N)c(Cc2ccccc2)c1.Nc1ccc(N)cc1.Nc1cccc(N)c1. The van der Waals surface area contributed by atoms with Gasteiger partial charge < -0.3 is 91.7 Å². The zero-order chi connectivity index (χ0) is 66.7. The van der Waals surface area contributed by atoms with Gasteiger partial charge in [0, 0.05) is 91.0 Å². The Morgan fingerprint density at radius 1 is 0.258 bits per heavy atom. The summed E-state index contributed by atoms with van der Waals surface area (Å²) in [6.07, 6.45) is -2.73. The lowest BCUT2D eigenvalue weighted by atomic mass is 9.97. The van der Waals surface area contributed by atoms with Crippen LogP contribution in [0.15, 0.2) is 194 Å². The molecule has 0 radical (unpaired) electrons. The number of halogens is 3. The second kappa shape index (κ2) is 34.7. The van der Waals surface area contributed by atoms with Crippen molar-refractivity contribution in [3.8, 4) is 0 Å². The minimum Gasteiger partial charge on any atom is -0.399 e. The zero-order valence-corrected chi connectivity index (χ0v) is 51.8. The monoisotopic (exact) mass is 1210 g/mol. The van der Waals surface area contributed by atoms with Crippen LogP contribution < -0.4 is 91.7 Å². The molecule has 0 aromatic heterocycles. The predicted octanol–water partition coefficient (Wildman–Crippen LogP) is 13.2. The quantitative estimate of drug-likeness (QED) is 0.0728. The highest BCUT2D eigenvalue weighted by atomic mass is 19.4. The van der Waals surface area contributed by atoms with Crippen LogP contribution in [0.5, 0.6) is 0 Å². The van der Waals surface area contributed by atoms with E-state index in [2.05, 4.69) is 24.3 Å². The maximum Gasteiger partial charge on any atom is 0.418 e. The highest BCUT2D eigenvalue weighted by molar-refractivity contribution is 5.70. The van der Waals surface area contributed by atoms with Crippen LogP contribution in [0, 0.1) is 48.5 Å². The Hall–Kier alpha value is -11.2. The molecule has 0 aliphatic carbocycles. The molecule has 0 saturated heterocycles. The van der Waals surface area contributed by atoms with Gasteiger partial charge in [0.05, 0.1) is 5.56 Å². The second-order valence-electron chi connectivity index (χ2n) is 21.0. The van der Waals surface area contributed by atoms with Gasteiger partial charge in [0.25, 0.3) is 0 Å². The van der Waals surface area contributed by atoms with Gasteiger partial charge in [-0.05, 0) is 250 Å². The second-order valence-corrected chi connectivity index (χ2v) is 21.0. The summed E-state index contributed by atoms with van der Waals surface area (Å²) in [6, 6.07) is 58.6. The molecule has 0 heterocycles. The van der Waals surface area contributed by atoms with E-state index in [0.29, 0.717) is 11.4 Å². The summed E-state index contributed by atoms with van der Waals surface area (Å²) in [5.74, 6) is 0. The lowest BCUT2D eigenvalue weighted by Crippen LogP contribution is -2.09. The van der Waals surface area contributed by atoms with Gasteiger partial charge in [-0.3, -0.25) is 0 Å². The van der Waals surface area contributed by atoms with E-state index in [-0.39, 0.29) is 11.4 Å². The fourth-order valence-corrected chi connectivity index (χ4v) is 8.08. The van der Waals surface area contributed by atoms with Gasteiger partial charge in [0.2, 0.25) is 0 Å². The van der Waals surface area contributed by atoms with Crippen molar-refractivity contribution in [2.24, 2.45) is 0 Å². The molecular formula is C70H89F3N16. The molecule has 0 unspecified atom stereocenters. The van der Waals surface area contributed by atoms with E-state index in [1.165, 1.54) is 17.2 Å². The molecule has 0 amide bonds. The Kier molecular flexibility index (Phi) is 28.1. The van der Waals surface area contributed by atoms with Gasteiger partial charge in [0.15, 0.2) is 0 Å². The molecular weight excluding hydrogens is 1120 g/mol. The van der Waals surface area contributed by atoms with E-state index in [1.807, 2.05) is 146 Å². The first-order chi connectivity index (χ1) is 41.7. The number of nitrogen functional groups attached to an aromatic ring is 16. The Bertz CT molecular complexity index is 3610. The van der Waals surface area contributed by atoms with E-state index in [9.17, 15) is 13.2 Å². The number of hydrogen-bond donors (Lipinski definition) is 16. The number of hydrogen-bond acceptors (Lipinski definition) is 16. The molecule has 0 aliphatic rings. The highest BCUT2D eigenvalue weighted by Crippen LogP contribution is 2.35. The molecule has 470 valence electrons. The third-order valence-electron chi connectivity index (χ3n) is 13.6. The van der Waals surface area contributed by atoms with Crippen molar-refractivity contribution in [3.05, 3.63) is 261 Å². The lowest BCUT2D eigenvalue weighted by molar-refractivity contribution is -0.136. The molecule has 0 saturated carbocycles. The average molecular weight is 1210 g/mol. The van der Waals surface area contributed by atoms with E-state index in [4.69, 9.17) is 91.7 Å². The highest BCUT2D eigenvalue weighted by Gasteiger charge is 2.32. The first kappa shape index (κ1) is 72.1. The minimum atomic E-state index is -4.43. The Morgan fingerprint density at radius 2 is 0.596 bits per heavy atom. The molecule has 0 aliphatic heterocycles. The molecule has 0 bridgehead atoms. The van der Waals surface area contributed by atoms with Gasteiger partial charge >= 0.3 is 6.18 Å². The van der Waals surface area contributed by atoms with Crippen LogP contribution in [0.1, 0.15) is 66.8 Å². The zero-order valence-electron chi connectivity index (χ0n) is 51.8. The van der Waals surface area contributed by atoms with Crippen LogP contribution in [0.25, 0.3) is 0 Å². The van der Waals surface area contributed by atoms with Crippen molar-refractivity contribution in [1.82, 2.24) is 0 Å². The maximum atomic E-state index is 12.1. The Balaban J connectivity index is 0.000000269. The largest absolute Gasteiger partial charge is 0.418 e. The number of alkyl halides is 3. The lowest BCUT2D eigenvalue weighted by Gasteiger charge is -2.14. The van der Waals surface area contributed by atoms with E-state index in [0.717, 1.165) is 143 Å². The van der Waals surface area contributed by atoms with Crippen LogP contribution in [-0.4, -0.2) is 0 Å². The predicted molar refractivity (Wildman–Crippen MR) is 379 cm³/mol. The molecule has 32 N–H and O–H groups in total. The van der Waals surface area contributed by atoms with E-state index < -0.39 is 11.7 Å². The van der Waals surface area contributed by atoms with Crippen molar-refractivity contribution in [2.45, 2.75) is 67.5 Å². The van der Waals surface area contributed by atoms with Gasteiger partial charge in [-0.1, -0.05) is 66.7 Å². The molecule has 10 aromatic carbocycles. The first-order valence-corrected chi connectivity index (χ1v) is 27.9. The number of benzene rings is 10. The molecule has 89 heavy (non-hydrogen) atoms. The van der Waals surface area contributed by atoms with E-state index in [1.54, 1.807) is 54.6 Å². The molecule has 0 fully saturated rings. The Labute approximate surface area is 522 Å². The molecule has 10 aromatic rings. The van der Waals surface area contributed by atoms with Crippen molar-refractivity contribution in [3.63, 3.8) is 0 Å². The Morgan fingerprint density at radius 3 is 0.966 bits per heavy atom. The van der Waals surface area contributed by atoms with Gasteiger partial charge in [-0.2, -0.15) is 13.2 Å². The molecule has 19 heteroatoms. The molecule has 16 nitrogen and oxygen atoms in total. The third kappa shape index (κ3) is 25.5. The summed E-state index contributed by atoms with van der Waals surface area (Å²) in [4.78, 5) is 0. The van der Waals surface area contributed by atoms with Crippen molar-refractivity contribution < 1.29 is 13.2 Å². The van der Waals surface area contributed by atoms with Crippen LogP contribution in [0.3, 0.4) is 0 Å². The van der Waals surface area contributed by atoms with Crippen LogP contribution in [0.4, 0.5) is 104 Å². The standard InChI is InChI=1S/2C13H14N2.C10H16N2.C8H12N2.C7H7F3N2.C7H10N2.2C6H8N2/c14-12-7-11(8-13(15)9-12)6-10-4-2-1-3-5-10;14-12-6-7-13(15)11(9-12)8-10-4-2-1-3-5-10;1-5-6(2)10(12)8(4)7(3)9(5)11;1-5-3-8(10)6(2)4-7(5)9;8-7(9,10)5-3-4(11)1-2-6(5)12;1-5-4-6(8)2-3-7(5)9;7-5-1-2-6(8)4-3-5;7-5-2-1-3-6(8)4-5/h1-5,7-9H,6,14-15H2;1-7,9H,8,14-15H2;11-12H2,1-4H3;3-4H,9-10H2,1-2H3;1-3H,11-12H2;2-4H,8-9H2,1H3;2*1-4H,7-8H2. The van der Waals surface area contributed by atoms with Crippen molar-refractivity contribution >= 4 is 91.0 Å². The van der Waals surface area contributed by atoms with E-state index >= 15 is 0 Å². The number of nitrogens with two attached hydrogens (primary N) is 16. The van der Waals surface area contributed by atoms with Crippen molar-refractivity contribution in [2.75, 3.05) is 91.7 Å².